The van der Waals surface area contributed by atoms with Gasteiger partial charge in [0.05, 0.1) is 11.6 Å². The maximum absolute atomic E-state index is 13.4. The van der Waals surface area contributed by atoms with Gasteiger partial charge in [-0.05, 0) is 56.5 Å². The molecular formula is C23H26N2O2. The van der Waals surface area contributed by atoms with Gasteiger partial charge in [-0.1, -0.05) is 42.0 Å². The minimum atomic E-state index is -0.0218. The molecule has 1 amide bonds. The van der Waals surface area contributed by atoms with E-state index in [1.807, 2.05) is 6.07 Å². The number of carbonyl (C=O) groups is 1. The molecule has 4 saturated heterocycles. The molecule has 4 heterocycles. The third-order valence-corrected chi connectivity index (χ3v) is 6.90. The molecule has 0 unspecified atom stereocenters. The van der Waals surface area contributed by atoms with Crippen molar-refractivity contribution in [2.24, 2.45) is 5.92 Å². The van der Waals surface area contributed by atoms with Gasteiger partial charge in [-0.25, -0.2) is 0 Å². The van der Waals surface area contributed by atoms with Crippen LogP contribution in [0, 0.1) is 12.8 Å². The van der Waals surface area contributed by atoms with Crippen molar-refractivity contribution < 1.29 is 9.90 Å². The van der Waals surface area contributed by atoms with Crippen LogP contribution in [0.2, 0.25) is 0 Å². The van der Waals surface area contributed by atoms with Crippen LogP contribution in [0.3, 0.4) is 0 Å². The summed E-state index contributed by atoms with van der Waals surface area (Å²) < 4.78 is 0. The zero-order chi connectivity index (χ0) is 18.5. The highest BCUT2D eigenvalue weighted by Gasteiger charge is 2.54. The second-order valence-corrected chi connectivity index (χ2v) is 8.35. The Kier molecular flexibility index (Phi) is 3.97. The van der Waals surface area contributed by atoms with Crippen LogP contribution in [-0.4, -0.2) is 52.5 Å². The number of nitrogens with zero attached hydrogens (tertiary/aromatic N) is 2. The molecule has 0 radical (unpaired) electrons. The van der Waals surface area contributed by atoms with E-state index in [9.17, 15) is 9.90 Å². The average molecular weight is 362 g/mol. The highest BCUT2D eigenvalue weighted by molar-refractivity contribution is 5.97. The lowest BCUT2D eigenvalue weighted by Gasteiger charge is -2.51. The van der Waals surface area contributed by atoms with Crippen molar-refractivity contribution in [1.29, 1.82) is 0 Å². The number of aryl methyl sites for hydroxylation is 1. The Hall–Kier alpha value is -2.33. The van der Waals surface area contributed by atoms with Gasteiger partial charge in [0.25, 0.3) is 5.91 Å². The number of para-hydroxylation sites is 1. The van der Waals surface area contributed by atoms with Crippen molar-refractivity contribution in [3.8, 4) is 5.75 Å². The van der Waals surface area contributed by atoms with Crippen molar-refractivity contribution in [2.45, 2.75) is 37.8 Å². The average Bonchev–Trinajstić information content (AvgIpc) is 3.12. The summed E-state index contributed by atoms with van der Waals surface area (Å²) in [5, 5.41) is 10.2. The van der Waals surface area contributed by atoms with Gasteiger partial charge < -0.3 is 10.0 Å². The second kappa shape index (κ2) is 6.38. The summed E-state index contributed by atoms with van der Waals surface area (Å²) in [6, 6.07) is 16.4. The first-order chi connectivity index (χ1) is 13.1. The normalized spacial score (nSPS) is 31.7. The molecule has 6 rings (SSSR count). The van der Waals surface area contributed by atoms with Gasteiger partial charge in [0.15, 0.2) is 0 Å². The third-order valence-electron chi connectivity index (χ3n) is 6.90. The van der Waals surface area contributed by atoms with Crippen molar-refractivity contribution in [3.63, 3.8) is 0 Å². The SMILES string of the molecule is Cc1ccc([C@@H]2CN(C(=O)c3ccccc3O)[C@@H]3C4CCN(CC4)[C@@H]32)cc1. The van der Waals surface area contributed by atoms with E-state index in [-0.39, 0.29) is 17.7 Å². The Morgan fingerprint density at radius 2 is 1.70 bits per heavy atom. The van der Waals surface area contributed by atoms with Crippen LogP contribution in [0.5, 0.6) is 5.75 Å². The second-order valence-electron chi connectivity index (χ2n) is 8.35. The molecule has 4 nitrogen and oxygen atoms in total. The summed E-state index contributed by atoms with van der Waals surface area (Å²) in [7, 11) is 0. The molecule has 2 aromatic rings. The van der Waals surface area contributed by atoms with E-state index < -0.39 is 0 Å². The molecule has 0 spiro atoms. The number of phenols is 1. The van der Waals surface area contributed by atoms with E-state index >= 15 is 0 Å². The van der Waals surface area contributed by atoms with E-state index in [0.717, 1.165) is 19.6 Å². The summed E-state index contributed by atoms with van der Waals surface area (Å²) in [6.07, 6.45) is 2.35. The summed E-state index contributed by atoms with van der Waals surface area (Å²) in [5.41, 5.74) is 3.02. The first-order valence-electron chi connectivity index (χ1n) is 10.0. The van der Waals surface area contributed by atoms with E-state index in [1.54, 1.807) is 18.2 Å². The molecule has 27 heavy (non-hydrogen) atoms. The van der Waals surface area contributed by atoms with Gasteiger partial charge in [-0.15, -0.1) is 0 Å². The minimum absolute atomic E-state index is 0.0218. The molecule has 4 fully saturated rings. The number of fused-ring (bicyclic) bond motifs is 2. The first-order valence-corrected chi connectivity index (χ1v) is 10.0. The summed E-state index contributed by atoms with van der Waals surface area (Å²) in [4.78, 5) is 18.1. The van der Waals surface area contributed by atoms with E-state index in [1.165, 1.54) is 24.0 Å². The number of rotatable bonds is 2. The summed E-state index contributed by atoms with van der Waals surface area (Å²) >= 11 is 0. The van der Waals surface area contributed by atoms with E-state index in [0.29, 0.717) is 23.4 Å². The van der Waals surface area contributed by atoms with E-state index in [4.69, 9.17) is 0 Å². The highest BCUT2D eigenvalue weighted by Crippen LogP contribution is 2.47. The number of hydrogen-bond acceptors (Lipinski definition) is 3. The molecule has 2 bridgehead atoms. The number of likely N-dealkylation sites (tertiary alicyclic amines) is 1. The van der Waals surface area contributed by atoms with Gasteiger partial charge in [0.1, 0.15) is 5.75 Å². The number of benzene rings is 2. The van der Waals surface area contributed by atoms with Crippen LogP contribution in [-0.2, 0) is 0 Å². The lowest BCUT2D eigenvalue weighted by atomic mass is 9.75. The van der Waals surface area contributed by atoms with Crippen LogP contribution in [0.15, 0.2) is 48.5 Å². The molecule has 1 N–H and O–H groups in total. The predicted molar refractivity (Wildman–Crippen MR) is 105 cm³/mol. The molecule has 4 aliphatic rings. The quantitative estimate of drug-likeness (QED) is 0.890. The Morgan fingerprint density at radius 1 is 1.00 bits per heavy atom. The Balaban J connectivity index is 1.53. The Labute approximate surface area is 160 Å². The van der Waals surface area contributed by atoms with Gasteiger partial charge in [-0.3, -0.25) is 9.69 Å². The first kappa shape index (κ1) is 16.8. The van der Waals surface area contributed by atoms with Crippen LogP contribution < -0.4 is 0 Å². The van der Waals surface area contributed by atoms with Gasteiger partial charge >= 0.3 is 0 Å². The number of piperidine rings is 3. The van der Waals surface area contributed by atoms with Gasteiger partial charge in [-0.2, -0.15) is 0 Å². The van der Waals surface area contributed by atoms with Crippen molar-refractivity contribution in [3.05, 3.63) is 65.2 Å². The van der Waals surface area contributed by atoms with Crippen molar-refractivity contribution >= 4 is 5.91 Å². The largest absolute Gasteiger partial charge is 0.507 e. The fourth-order valence-electron chi connectivity index (χ4n) is 5.57. The molecule has 2 aromatic carbocycles. The zero-order valence-corrected chi connectivity index (χ0v) is 15.7. The van der Waals surface area contributed by atoms with Crippen LogP contribution >= 0.6 is 0 Å². The predicted octanol–water partition coefficient (Wildman–Crippen LogP) is 3.40. The standard InChI is InChI=1S/C23H26N2O2/c1-15-6-8-16(9-7-15)19-14-25(23(27)18-4-2-3-5-20(18)26)21-17-10-12-24(13-11-17)22(19)21/h2-9,17,19,21-22,26H,10-14H2,1H3/t19-,21+,22+/m0/s1. The fraction of sp³-hybridized carbons (Fsp3) is 0.435. The Bertz CT molecular complexity index is 855. The highest BCUT2D eigenvalue weighted by atomic mass is 16.3. The molecule has 4 heteroatoms. The lowest BCUT2D eigenvalue weighted by Crippen LogP contribution is -2.60. The summed E-state index contributed by atoms with van der Waals surface area (Å²) in [6.45, 7) is 5.14. The van der Waals surface area contributed by atoms with E-state index in [2.05, 4.69) is 41.0 Å². The van der Waals surface area contributed by atoms with Crippen molar-refractivity contribution in [1.82, 2.24) is 9.80 Å². The molecule has 0 saturated carbocycles. The van der Waals surface area contributed by atoms with Gasteiger partial charge in [0.2, 0.25) is 0 Å². The molecule has 0 aromatic heterocycles. The molecule has 0 aliphatic carbocycles. The molecule has 4 aliphatic heterocycles. The number of hydrogen-bond donors (Lipinski definition) is 1. The zero-order valence-electron chi connectivity index (χ0n) is 15.7. The van der Waals surface area contributed by atoms with Gasteiger partial charge in [0, 0.05) is 18.5 Å². The van der Waals surface area contributed by atoms with Crippen molar-refractivity contribution in [2.75, 3.05) is 19.6 Å². The maximum atomic E-state index is 13.4. The van der Waals surface area contributed by atoms with Crippen LogP contribution in [0.25, 0.3) is 0 Å². The molecule has 140 valence electrons. The smallest absolute Gasteiger partial charge is 0.257 e. The van der Waals surface area contributed by atoms with Crippen LogP contribution in [0.1, 0.15) is 40.2 Å². The summed E-state index contributed by atoms with van der Waals surface area (Å²) in [5.74, 6) is 0.976. The minimum Gasteiger partial charge on any atom is -0.507 e. The topological polar surface area (TPSA) is 43.8 Å². The Morgan fingerprint density at radius 3 is 2.41 bits per heavy atom. The maximum Gasteiger partial charge on any atom is 0.257 e. The number of aromatic hydroxyl groups is 1. The lowest BCUT2D eigenvalue weighted by molar-refractivity contribution is -0.00348. The monoisotopic (exact) mass is 362 g/mol. The molecule has 3 atom stereocenters. The third kappa shape index (κ3) is 2.66. The fourth-order valence-corrected chi connectivity index (χ4v) is 5.57. The van der Waals surface area contributed by atoms with Crippen LogP contribution in [0.4, 0.5) is 0 Å². The number of phenolic OH excluding ortho intramolecular Hbond substituents is 1. The number of amides is 1. The molecular weight excluding hydrogens is 336 g/mol. The number of carbonyl (C=O) groups excluding carboxylic acids is 1.